The van der Waals surface area contributed by atoms with Gasteiger partial charge in [-0.15, -0.1) is 0 Å². The van der Waals surface area contributed by atoms with Gasteiger partial charge in [0.1, 0.15) is 0 Å². The number of benzene rings is 5. The minimum absolute atomic E-state index is 1.01. The molecule has 5 aromatic rings. The first-order valence-electron chi connectivity index (χ1n) is 10.4. The van der Waals surface area contributed by atoms with Gasteiger partial charge in [-0.3, -0.25) is 0 Å². The fourth-order valence-electron chi connectivity index (χ4n) is 3.83. The summed E-state index contributed by atoms with van der Waals surface area (Å²) in [6.07, 6.45) is 0. The molecular weight excluding hydrogens is 372 g/mol. The molecule has 0 nitrogen and oxygen atoms in total. The first kappa shape index (κ1) is 18.7. The molecule has 0 aromatic heterocycles. The van der Waals surface area contributed by atoms with Crippen molar-refractivity contribution >= 4 is 21.5 Å². The van der Waals surface area contributed by atoms with Gasteiger partial charge in [0.05, 0.1) is 0 Å². The second kappa shape index (κ2) is 8.23. The predicted molar refractivity (Wildman–Crippen MR) is 131 cm³/mol. The molecule has 0 unspecified atom stereocenters. The highest BCUT2D eigenvalue weighted by atomic mass is 14.1. The third kappa shape index (κ3) is 3.81. The molecule has 0 N–H and O–H groups in total. The van der Waals surface area contributed by atoms with E-state index in [2.05, 4.69) is 103 Å². The maximum Gasteiger partial charge on any atom is 0.0406 e. The van der Waals surface area contributed by atoms with Crippen molar-refractivity contribution in [2.75, 3.05) is 0 Å². The van der Waals surface area contributed by atoms with E-state index in [-0.39, 0.29) is 0 Å². The van der Waals surface area contributed by atoms with Crippen molar-refractivity contribution in [1.82, 2.24) is 0 Å². The van der Waals surface area contributed by atoms with E-state index in [1.54, 1.807) is 0 Å². The van der Waals surface area contributed by atoms with Gasteiger partial charge >= 0.3 is 0 Å². The maximum atomic E-state index is 3.47. The summed E-state index contributed by atoms with van der Waals surface area (Å²) in [6, 6.07) is 35.4. The number of aryl methyl sites for hydroxylation is 1. The average molecular weight is 393 g/mol. The average Bonchev–Trinajstić information content (AvgIpc) is 2.83. The van der Waals surface area contributed by atoms with E-state index in [4.69, 9.17) is 0 Å². The topological polar surface area (TPSA) is 0 Å². The fourth-order valence-corrected chi connectivity index (χ4v) is 3.83. The zero-order valence-corrected chi connectivity index (χ0v) is 17.3. The second-order valence-electron chi connectivity index (χ2n) is 7.57. The van der Waals surface area contributed by atoms with Crippen LogP contribution in [-0.2, 0) is 0 Å². The zero-order valence-electron chi connectivity index (χ0n) is 17.3. The number of hydrogen-bond donors (Lipinski definition) is 0. The van der Waals surface area contributed by atoms with Gasteiger partial charge in [0.15, 0.2) is 0 Å². The van der Waals surface area contributed by atoms with Crippen LogP contribution in [0.5, 0.6) is 0 Å². The molecule has 0 amide bonds. The fraction of sp³-hybridized carbons (Fsp3) is 0.0323. The Balaban J connectivity index is 1.77. The van der Waals surface area contributed by atoms with Crippen LogP contribution in [0, 0.1) is 30.6 Å². The lowest BCUT2D eigenvalue weighted by Crippen LogP contribution is -1.90. The quantitative estimate of drug-likeness (QED) is 0.195. The Kier molecular flexibility index (Phi) is 4.98. The van der Waals surface area contributed by atoms with Crippen molar-refractivity contribution in [3.63, 3.8) is 0 Å². The van der Waals surface area contributed by atoms with E-state index in [0.717, 1.165) is 43.8 Å². The highest BCUT2D eigenvalue weighted by Gasteiger charge is 2.11. The Bertz CT molecular complexity index is 1460. The molecule has 31 heavy (non-hydrogen) atoms. The lowest BCUT2D eigenvalue weighted by molar-refractivity contribution is 1.46. The van der Waals surface area contributed by atoms with Crippen LogP contribution in [0.2, 0.25) is 0 Å². The molecule has 0 aliphatic rings. The van der Waals surface area contributed by atoms with Crippen LogP contribution in [0.4, 0.5) is 0 Å². The summed E-state index contributed by atoms with van der Waals surface area (Å²) in [5.41, 5.74) is 5.38. The summed E-state index contributed by atoms with van der Waals surface area (Å²) in [5, 5.41) is 4.55. The Labute approximate surface area is 183 Å². The molecule has 0 bridgehead atoms. The van der Waals surface area contributed by atoms with Gasteiger partial charge in [-0.25, -0.2) is 0 Å². The Morgan fingerprint density at radius 1 is 0.387 bits per heavy atom. The predicted octanol–water partition coefficient (Wildman–Crippen LogP) is 7.10. The van der Waals surface area contributed by atoms with E-state index in [1.165, 1.54) is 5.56 Å². The maximum absolute atomic E-state index is 3.47. The lowest BCUT2D eigenvalue weighted by Gasteiger charge is -2.10. The van der Waals surface area contributed by atoms with Gasteiger partial charge in [0.25, 0.3) is 0 Å². The molecule has 0 aliphatic heterocycles. The summed E-state index contributed by atoms with van der Waals surface area (Å²) in [4.78, 5) is 0. The number of hydrogen-bond acceptors (Lipinski definition) is 0. The Morgan fingerprint density at radius 2 is 0.774 bits per heavy atom. The standard InChI is InChI=1S/C31H20/c1-23-15-17-25(18-16-23)20-22-31-28-13-7-5-11-26(28)30(27-12-6-8-14-29(27)31)21-19-24-9-3-2-4-10-24/h2-18H,1H3. The number of rotatable bonds is 0. The zero-order chi connectivity index (χ0) is 21.0. The molecule has 0 heterocycles. The molecule has 0 fully saturated rings. The molecular formula is C31H20. The molecule has 0 spiro atoms. The first-order chi connectivity index (χ1) is 15.3. The van der Waals surface area contributed by atoms with Crippen molar-refractivity contribution in [1.29, 1.82) is 0 Å². The van der Waals surface area contributed by atoms with Gasteiger partial charge in [0.2, 0.25) is 0 Å². The van der Waals surface area contributed by atoms with Crippen LogP contribution >= 0.6 is 0 Å². The van der Waals surface area contributed by atoms with Gasteiger partial charge in [-0.1, -0.05) is 108 Å². The number of fused-ring (bicyclic) bond motifs is 2. The molecule has 0 aliphatic carbocycles. The molecule has 144 valence electrons. The molecule has 5 aromatic carbocycles. The van der Waals surface area contributed by atoms with Gasteiger partial charge in [-0.2, -0.15) is 0 Å². The van der Waals surface area contributed by atoms with Crippen LogP contribution in [0.15, 0.2) is 103 Å². The second-order valence-corrected chi connectivity index (χ2v) is 7.57. The van der Waals surface area contributed by atoms with Crippen LogP contribution in [0.3, 0.4) is 0 Å². The summed E-state index contributed by atoms with van der Waals surface area (Å²) >= 11 is 0. The van der Waals surface area contributed by atoms with Crippen molar-refractivity contribution in [3.05, 3.63) is 131 Å². The van der Waals surface area contributed by atoms with Crippen LogP contribution in [-0.4, -0.2) is 0 Å². The summed E-state index contributed by atoms with van der Waals surface area (Å²) in [5.74, 6) is 13.6. The van der Waals surface area contributed by atoms with E-state index in [0.29, 0.717) is 0 Å². The Morgan fingerprint density at radius 3 is 1.23 bits per heavy atom. The van der Waals surface area contributed by atoms with E-state index in [1.807, 2.05) is 30.3 Å². The largest absolute Gasteiger partial charge is 0.0622 e. The minimum atomic E-state index is 1.01. The molecule has 0 saturated heterocycles. The third-order valence-corrected chi connectivity index (χ3v) is 5.42. The van der Waals surface area contributed by atoms with Gasteiger partial charge in [-0.05, 0) is 52.7 Å². The molecule has 5 rings (SSSR count). The normalized spacial score (nSPS) is 10.2. The SMILES string of the molecule is Cc1ccc(C#Cc2c3ccccc3c(C#Cc3ccccc3)c3ccccc23)cc1. The van der Waals surface area contributed by atoms with E-state index < -0.39 is 0 Å². The molecule has 0 saturated carbocycles. The van der Waals surface area contributed by atoms with Crippen LogP contribution < -0.4 is 0 Å². The van der Waals surface area contributed by atoms with Crippen molar-refractivity contribution in [2.45, 2.75) is 6.92 Å². The summed E-state index contributed by atoms with van der Waals surface area (Å²) in [7, 11) is 0. The highest BCUT2D eigenvalue weighted by molar-refractivity contribution is 6.09. The van der Waals surface area contributed by atoms with Crippen molar-refractivity contribution < 1.29 is 0 Å². The van der Waals surface area contributed by atoms with Crippen molar-refractivity contribution in [2.24, 2.45) is 0 Å². The minimum Gasteiger partial charge on any atom is -0.0622 e. The molecule has 0 heteroatoms. The van der Waals surface area contributed by atoms with Gasteiger partial charge < -0.3 is 0 Å². The Hall–Kier alpha value is -4.26. The van der Waals surface area contributed by atoms with Crippen LogP contribution in [0.25, 0.3) is 21.5 Å². The van der Waals surface area contributed by atoms with E-state index in [9.17, 15) is 0 Å². The van der Waals surface area contributed by atoms with Crippen molar-refractivity contribution in [3.8, 4) is 23.7 Å². The molecule has 0 atom stereocenters. The van der Waals surface area contributed by atoms with Crippen LogP contribution in [0.1, 0.15) is 27.8 Å². The summed E-state index contributed by atoms with van der Waals surface area (Å²) in [6.45, 7) is 2.09. The lowest BCUT2D eigenvalue weighted by atomic mass is 9.92. The monoisotopic (exact) mass is 392 g/mol. The van der Waals surface area contributed by atoms with E-state index >= 15 is 0 Å². The smallest absolute Gasteiger partial charge is 0.0406 e. The van der Waals surface area contributed by atoms with Gasteiger partial charge in [0, 0.05) is 22.3 Å². The molecule has 0 radical (unpaired) electrons. The summed E-state index contributed by atoms with van der Waals surface area (Å²) < 4.78 is 0. The first-order valence-corrected chi connectivity index (χ1v) is 10.4. The third-order valence-electron chi connectivity index (χ3n) is 5.42. The highest BCUT2D eigenvalue weighted by Crippen LogP contribution is 2.32.